The molecule has 0 unspecified atom stereocenters. The van der Waals surface area contributed by atoms with Crippen molar-refractivity contribution >= 4 is 5.97 Å². The number of methoxy groups -OCH3 is 2. The van der Waals surface area contributed by atoms with Gasteiger partial charge in [-0.2, -0.15) is 0 Å². The lowest BCUT2D eigenvalue weighted by Gasteiger charge is -2.12. The molecule has 0 aromatic heterocycles. The summed E-state index contributed by atoms with van der Waals surface area (Å²) in [6, 6.07) is 3.56. The van der Waals surface area contributed by atoms with Gasteiger partial charge in [0, 0.05) is 0 Å². The molecule has 16 heavy (non-hydrogen) atoms. The van der Waals surface area contributed by atoms with Gasteiger partial charge in [-0.05, 0) is 29.7 Å². The summed E-state index contributed by atoms with van der Waals surface area (Å²) in [7, 11) is 3.10. The number of carboxylic acid groups (broad SMARTS) is 1. The SMILES string of the molecule is CCc1cc(OC)c(OC)cc1CC(=O)O. The zero-order chi connectivity index (χ0) is 12.1. The minimum atomic E-state index is -0.845. The van der Waals surface area contributed by atoms with Gasteiger partial charge >= 0.3 is 5.97 Å². The summed E-state index contributed by atoms with van der Waals surface area (Å²) in [4.78, 5) is 10.7. The van der Waals surface area contributed by atoms with Gasteiger partial charge in [0.2, 0.25) is 0 Å². The zero-order valence-electron chi connectivity index (χ0n) is 9.74. The molecule has 88 valence electrons. The van der Waals surface area contributed by atoms with Crippen LogP contribution in [0.15, 0.2) is 12.1 Å². The largest absolute Gasteiger partial charge is 0.493 e. The number of aliphatic carboxylic acids is 1. The van der Waals surface area contributed by atoms with Crippen molar-refractivity contribution in [2.45, 2.75) is 19.8 Å². The maximum absolute atomic E-state index is 10.7. The Hall–Kier alpha value is -1.71. The Morgan fingerprint density at radius 2 is 1.69 bits per heavy atom. The van der Waals surface area contributed by atoms with Crippen LogP contribution >= 0.6 is 0 Å². The molecule has 4 nitrogen and oxygen atoms in total. The third kappa shape index (κ3) is 2.66. The molecule has 0 aliphatic carbocycles. The monoisotopic (exact) mass is 224 g/mol. The smallest absolute Gasteiger partial charge is 0.307 e. The van der Waals surface area contributed by atoms with Crippen LogP contribution in [0.2, 0.25) is 0 Å². The Morgan fingerprint density at radius 1 is 1.19 bits per heavy atom. The molecular formula is C12H16O4. The van der Waals surface area contributed by atoms with Crippen molar-refractivity contribution in [3.05, 3.63) is 23.3 Å². The predicted octanol–water partition coefficient (Wildman–Crippen LogP) is 1.89. The first-order chi connectivity index (χ1) is 7.62. The number of ether oxygens (including phenoxy) is 2. The average molecular weight is 224 g/mol. The Kier molecular flexibility index (Phi) is 4.17. The molecule has 0 spiro atoms. The van der Waals surface area contributed by atoms with E-state index in [-0.39, 0.29) is 6.42 Å². The van der Waals surface area contributed by atoms with Crippen LogP contribution in [0.3, 0.4) is 0 Å². The first-order valence-electron chi connectivity index (χ1n) is 5.07. The molecule has 4 heteroatoms. The predicted molar refractivity (Wildman–Crippen MR) is 60.3 cm³/mol. The maximum atomic E-state index is 10.7. The van der Waals surface area contributed by atoms with Gasteiger partial charge < -0.3 is 14.6 Å². The van der Waals surface area contributed by atoms with Crippen LogP contribution in [0.5, 0.6) is 11.5 Å². The molecule has 0 aliphatic heterocycles. The third-order valence-corrected chi connectivity index (χ3v) is 2.43. The Labute approximate surface area is 94.8 Å². The lowest BCUT2D eigenvalue weighted by molar-refractivity contribution is -0.136. The first-order valence-corrected chi connectivity index (χ1v) is 5.07. The van der Waals surface area contributed by atoms with Gasteiger partial charge in [0.05, 0.1) is 20.6 Å². The van der Waals surface area contributed by atoms with Crippen molar-refractivity contribution in [3.8, 4) is 11.5 Å². The Balaban J connectivity index is 3.20. The number of hydrogen-bond donors (Lipinski definition) is 1. The summed E-state index contributed by atoms with van der Waals surface area (Å²) < 4.78 is 10.3. The van der Waals surface area contributed by atoms with Gasteiger partial charge in [0.15, 0.2) is 11.5 Å². The van der Waals surface area contributed by atoms with E-state index in [0.29, 0.717) is 11.5 Å². The van der Waals surface area contributed by atoms with Crippen molar-refractivity contribution in [2.75, 3.05) is 14.2 Å². The quantitative estimate of drug-likeness (QED) is 0.829. The molecule has 0 aliphatic rings. The molecule has 0 radical (unpaired) electrons. The molecule has 1 rings (SSSR count). The number of aryl methyl sites for hydroxylation is 1. The van der Waals surface area contributed by atoms with Crippen LogP contribution in [0.4, 0.5) is 0 Å². The Morgan fingerprint density at radius 3 is 2.06 bits per heavy atom. The second kappa shape index (κ2) is 5.39. The first kappa shape index (κ1) is 12.4. The second-order valence-corrected chi connectivity index (χ2v) is 3.40. The molecule has 0 atom stereocenters. The number of carbonyl (C=O) groups is 1. The van der Waals surface area contributed by atoms with Crippen LogP contribution in [0.1, 0.15) is 18.1 Å². The topological polar surface area (TPSA) is 55.8 Å². The summed E-state index contributed by atoms with van der Waals surface area (Å²) in [5.41, 5.74) is 1.74. The summed E-state index contributed by atoms with van der Waals surface area (Å²) in [6.45, 7) is 1.98. The van der Waals surface area contributed by atoms with E-state index >= 15 is 0 Å². The van der Waals surface area contributed by atoms with Gasteiger partial charge in [0.25, 0.3) is 0 Å². The summed E-state index contributed by atoms with van der Waals surface area (Å²) in [5.74, 6) is 0.353. The fourth-order valence-corrected chi connectivity index (χ4v) is 1.62. The highest BCUT2D eigenvalue weighted by atomic mass is 16.5. The van der Waals surface area contributed by atoms with Gasteiger partial charge in [0.1, 0.15) is 0 Å². The zero-order valence-corrected chi connectivity index (χ0v) is 9.74. The maximum Gasteiger partial charge on any atom is 0.307 e. The van der Waals surface area contributed by atoms with E-state index in [0.717, 1.165) is 17.5 Å². The second-order valence-electron chi connectivity index (χ2n) is 3.40. The van der Waals surface area contributed by atoms with Crippen molar-refractivity contribution in [3.63, 3.8) is 0 Å². The molecule has 1 aromatic carbocycles. The van der Waals surface area contributed by atoms with E-state index in [1.54, 1.807) is 13.2 Å². The number of hydrogen-bond acceptors (Lipinski definition) is 3. The van der Waals surface area contributed by atoms with Gasteiger partial charge in [-0.1, -0.05) is 6.92 Å². The molecule has 0 fully saturated rings. The standard InChI is InChI=1S/C12H16O4/c1-4-8-5-10(15-2)11(16-3)6-9(8)7-12(13)14/h5-6H,4,7H2,1-3H3,(H,13,14). The summed E-state index contributed by atoms with van der Waals surface area (Å²) in [6.07, 6.45) is 0.770. The highest BCUT2D eigenvalue weighted by Gasteiger charge is 2.12. The molecule has 0 saturated carbocycles. The molecule has 0 bridgehead atoms. The van der Waals surface area contributed by atoms with E-state index in [9.17, 15) is 4.79 Å². The minimum Gasteiger partial charge on any atom is -0.493 e. The van der Waals surface area contributed by atoms with Gasteiger partial charge in [-0.15, -0.1) is 0 Å². The molecule has 1 aromatic rings. The van der Waals surface area contributed by atoms with Crippen LogP contribution < -0.4 is 9.47 Å². The highest BCUT2D eigenvalue weighted by molar-refractivity contribution is 5.71. The van der Waals surface area contributed by atoms with Gasteiger partial charge in [-0.3, -0.25) is 4.79 Å². The molecule has 0 saturated heterocycles. The summed E-state index contributed by atoms with van der Waals surface area (Å²) in [5, 5.41) is 8.80. The lowest BCUT2D eigenvalue weighted by Crippen LogP contribution is -2.04. The Bertz CT molecular complexity index is 385. The van der Waals surface area contributed by atoms with Crippen molar-refractivity contribution in [1.29, 1.82) is 0 Å². The van der Waals surface area contributed by atoms with E-state index in [1.165, 1.54) is 7.11 Å². The van der Waals surface area contributed by atoms with Gasteiger partial charge in [-0.25, -0.2) is 0 Å². The van der Waals surface area contributed by atoms with Crippen molar-refractivity contribution in [2.24, 2.45) is 0 Å². The van der Waals surface area contributed by atoms with Crippen molar-refractivity contribution in [1.82, 2.24) is 0 Å². The van der Waals surface area contributed by atoms with Crippen LogP contribution in [0, 0.1) is 0 Å². The normalized spacial score (nSPS) is 9.94. The average Bonchev–Trinajstić information content (AvgIpc) is 2.27. The van der Waals surface area contributed by atoms with E-state index < -0.39 is 5.97 Å². The number of rotatable bonds is 5. The minimum absolute atomic E-state index is 0.00350. The highest BCUT2D eigenvalue weighted by Crippen LogP contribution is 2.31. The molecule has 0 amide bonds. The third-order valence-electron chi connectivity index (χ3n) is 2.43. The number of benzene rings is 1. The van der Waals surface area contributed by atoms with E-state index in [4.69, 9.17) is 14.6 Å². The molecule has 0 heterocycles. The van der Waals surface area contributed by atoms with Crippen LogP contribution in [-0.4, -0.2) is 25.3 Å². The molecule has 1 N–H and O–H groups in total. The van der Waals surface area contributed by atoms with E-state index in [1.807, 2.05) is 13.0 Å². The summed E-state index contributed by atoms with van der Waals surface area (Å²) >= 11 is 0. The van der Waals surface area contributed by atoms with Crippen LogP contribution in [-0.2, 0) is 17.6 Å². The number of carboxylic acids is 1. The van der Waals surface area contributed by atoms with Crippen molar-refractivity contribution < 1.29 is 19.4 Å². The fraction of sp³-hybridized carbons (Fsp3) is 0.417. The van der Waals surface area contributed by atoms with E-state index in [2.05, 4.69) is 0 Å². The molecular weight excluding hydrogens is 208 g/mol. The van der Waals surface area contributed by atoms with Crippen LogP contribution in [0.25, 0.3) is 0 Å². The fourth-order valence-electron chi connectivity index (χ4n) is 1.62. The lowest BCUT2D eigenvalue weighted by atomic mass is 10.0.